The second-order valence-corrected chi connectivity index (χ2v) is 2.44. The smallest absolute Gasteiger partial charge is 0.0941 e. The van der Waals surface area contributed by atoms with E-state index in [2.05, 4.69) is 6.58 Å². The summed E-state index contributed by atoms with van der Waals surface area (Å²) in [6, 6.07) is 5.88. The third kappa shape index (κ3) is 4.09. The average molecular weight is 159 g/mol. The van der Waals surface area contributed by atoms with E-state index in [0.29, 0.717) is 24.8 Å². The van der Waals surface area contributed by atoms with Gasteiger partial charge in [-0.1, -0.05) is 6.58 Å². The van der Waals surface area contributed by atoms with Gasteiger partial charge in [-0.3, -0.25) is 0 Å². The summed E-state index contributed by atoms with van der Waals surface area (Å²) in [5.41, 5.74) is 0.402. The molecule has 0 rings (SSSR count). The average Bonchev–Trinajstić information content (AvgIpc) is 2.11. The highest BCUT2D eigenvalue weighted by Gasteiger charge is 2.08. The number of rotatable bonds is 4. The molecule has 3 heteroatoms. The molecule has 0 saturated heterocycles. The van der Waals surface area contributed by atoms with E-state index >= 15 is 0 Å². The van der Waals surface area contributed by atoms with Crippen molar-refractivity contribution < 1.29 is 0 Å². The summed E-state index contributed by atoms with van der Waals surface area (Å²) < 4.78 is 0. The van der Waals surface area contributed by atoms with Gasteiger partial charge < -0.3 is 0 Å². The van der Waals surface area contributed by atoms with Crippen LogP contribution in [0.3, 0.4) is 0 Å². The lowest BCUT2D eigenvalue weighted by molar-refractivity contribution is 0.615. The highest BCUT2D eigenvalue weighted by atomic mass is 14.3. The van der Waals surface area contributed by atoms with Crippen LogP contribution in [0.4, 0.5) is 0 Å². The maximum atomic E-state index is 8.59. The zero-order chi connectivity index (χ0) is 9.40. The molecule has 60 valence electrons. The Morgan fingerprint density at radius 2 is 2.00 bits per heavy atom. The molecule has 0 aliphatic heterocycles. The van der Waals surface area contributed by atoms with Crippen LogP contribution in [0.5, 0.6) is 0 Å². The van der Waals surface area contributed by atoms with Gasteiger partial charge in [-0.15, -0.1) is 0 Å². The Labute approximate surface area is 72.1 Å². The van der Waals surface area contributed by atoms with Crippen LogP contribution in [0.25, 0.3) is 0 Å². The molecular weight excluding hydrogens is 150 g/mol. The van der Waals surface area contributed by atoms with E-state index in [1.54, 1.807) is 0 Å². The Bertz CT molecular complexity index is 272. The number of hydrogen-bond donors (Lipinski definition) is 0. The van der Waals surface area contributed by atoms with Crippen molar-refractivity contribution in [1.29, 1.82) is 15.8 Å². The van der Waals surface area contributed by atoms with E-state index in [0.717, 1.165) is 0 Å². The van der Waals surface area contributed by atoms with E-state index in [-0.39, 0.29) is 5.92 Å². The van der Waals surface area contributed by atoms with E-state index in [9.17, 15) is 0 Å². The second kappa shape index (κ2) is 5.96. The first-order valence-corrected chi connectivity index (χ1v) is 3.59. The van der Waals surface area contributed by atoms with Crippen molar-refractivity contribution in [3.63, 3.8) is 0 Å². The molecule has 1 atom stereocenters. The predicted octanol–water partition coefficient (Wildman–Crippen LogP) is 1.90. The standard InChI is InChI=1S/C9H9N3/c1-8(6-11)5-9(7-12)3-2-4-10/h9H,1-3,5H2. The lowest BCUT2D eigenvalue weighted by Crippen LogP contribution is -1.97. The lowest BCUT2D eigenvalue weighted by Gasteiger charge is -2.02. The van der Waals surface area contributed by atoms with Gasteiger partial charge >= 0.3 is 0 Å². The van der Waals surface area contributed by atoms with Gasteiger partial charge in [0.1, 0.15) is 0 Å². The molecule has 0 radical (unpaired) electrons. The molecule has 0 saturated carbocycles. The highest BCUT2D eigenvalue weighted by molar-refractivity contribution is 5.17. The molecular formula is C9H9N3. The first kappa shape index (κ1) is 10.2. The van der Waals surface area contributed by atoms with Gasteiger partial charge in [-0.25, -0.2) is 0 Å². The Morgan fingerprint density at radius 3 is 2.42 bits per heavy atom. The molecule has 0 bridgehead atoms. The highest BCUT2D eigenvalue weighted by Crippen LogP contribution is 2.14. The van der Waals surface area contributed by atoms with Gasteiger partial charge in [0.15, 0.2) is 0 Å². The molecule has 0 heterocycles. The van der Waals surface area contributed by atoms with E-state index in [1.165, 1.54) is 0 Å². The summed E-state index contributed by atoms with van der Waals surface area (Å²) in [5.74, 6) is -0.239. The maximum Gasteiger partial charge on any atom is 0.0941 e. The van der Waals surface area contributed by atoms with Gasteiger partial charge in [0.05, 0.1) is 24.1 Å². The Morgan fingerprint density at radius 1 is 1.33 bits per heavy atom. The quantitative estimate of drug-likeness (QED) is 0.588. The Balaban J connectivity index is 3.89. The number of hydrogen-bond acceptors (Lipinski definition) is 3. The van der Waals surface area contributed by atoms with Gasteiger partial charge in [0, 0.05) is 12.0 Å². The zero-order valence-electron chi connectivity index (χ0n) is 6.75. The summed E-state index contributed by atoms with van der Waals surface area (Å²) >= 11 is 0. The maximum absolute atomic E-state index is 8.59. The van der Waals surface area contributed by atoms with Crippen molar-refractivity contribution >= 4 is 0 Å². The Hall–Kier alpha value is -1.79. The van der Waals surface area contributed by atoms with Crippen LogP contribution in [-0.2, 0) is 0 Å². The van der Waals surface area contributed by atoms with Crippen LogP contribution >= 0.6 is 0 Å². The van der Waals surface area contributed by atoms with Crippen molar-refractivity contribution in [3.8, 4) is 18.2 Å². The van der Waals surface area contributed by atoms with Crippen LogP contribution < -0.4 is 0 Å². The third-order valence-electron chi connectivity index (χ3n) is 1.44. The molecule has 0 aromatic carbocycles. The summed E-state index contributed by atoms with van der Waals surface area (Å²) in [4.78, 5) is 0. The third-order valence-corrected chi connectivity index (χ3v) is 1.44. The van der Waals surface area contributed by atoms with Crippen molar-refractivity contribution in [3.05, 3.63) is 12.2 Å². The fourth-order valence-corrected chi connectivity index (χ4v) is 0.794. The van der Waals surface area contributed by atoms with E-state index in [1.807, 2.05) is 18.2 Å². The normalized spacial score (nSPS) is 10.4. The van der Waals surface area contributed by atoms with Gasteiger partial charge in [0.25, 0.3) is 0 Å². The summed E-state index contributed by atoms with van der Waals surface area (Å²) in [6.07, 6.45) is 1.26. The van der Waals surface area contributed by atoms with E-state index < -0.39 is 0 Å². The van der Waals surface area contributed by atoms with Crippen LogP contribution in [0.1, 0.15) is 19.3 Å². The molecule has 0 aromatic rings. The first-order valence-electron chi connectivity index (χ1n) is 3.59. The lowest BCUT2D eigenvalue weighted by atomic mass is 9.98. The topological polar surface area (TPSA) is 71.4 Å². The number of allylic oxidation sites excluding steroid dienone is 1. The molecule has 1 unspecified atom stereocenters. The second-order valence-electron chi connectivity index (χ2n) is 2.44. The molecule has 0 aliphatic rings. The summed E-state index contributed by atoms with van der Waals surface area (Å²) in [6.45, 7) is 3.47. The minimum absolute atomic E-state index is 0.239. The number of nitrogens with zero attached hydrogens (tertiary/aromatic N) is 3. The molecule has 0 fully saturated rings. The van der Waals surface area contributed by atoms with Crippen molar-refractivity contribution in [2.45, 2.75) is 19.3 Å². The van der Waals surface area contributed by atoms with Crippen molar-refractivity contribution in [1.82, 2.24) is 0 Å². The predicted molar refractivity (Wildman–Crippen MR) is 43.3 cm³/mol. The molecule has 0 aliphatic carbocycles. The summed E-state index contributed by atoms with van der Waals surface area (Å²) in [5, 5.41) is 25.2. The Kier molecular flexibility index (Phi) is 5.07. The van der Waals surface area contributed by atoms with Crippen molar-refractivity contribution in [2.75, 3.05) is 0 Å². The summed E-state index contributed by atoms with van der Waals surface area (Å²) in [7, 11) is 0. The van der Waals surface area contributed by atoms with Crippen LogP contribution in [0.15, 0.2) is 12.2 Å². The molecule has 0 spiro atoms. The van der Waals surface area contributed by atoms with E-state index in [4.69, 9.17) is 15.8 Å². The fraction of sp³-hybridized carbons (Fsp3) is 0.444. The molecule has 0 N–H and O–H groups in total. The fourth-order valence-electron chi connectivity index (χ4n) is 0.794. The SMILES string of the molecule is C=C(C#N)CC(C#N)CCC#N. The largest absolute Gasteiger partial charge is 0.198 e. The molecule has 0 aromatic heterocycles. The van der Waals surface area contributed by atoms with Gasteiger partial charge in [-0.2, -0.15) is 15.8 Å². The molecule has 0 amide bonds. The van der Waals surface area contributed by atoms with Crippen LogP contribution in [0, 0.1) is 39.9 Å². The van der Waals surface area contributed by atoms with Crippen molar-refractivity contribution in [2.24, 2.45) is 5.92 Å². The monoisotopic (exact) mass is 159 g/mol. The molecule has 12 heavy (non-hydrogen) atoms. The van der Waals surface area contributed by atoms with Crippen LogP contribution in [0.2, 0.25) is 0 Å². The van der Waals surface area contributed by atoms with Gasteiger partial charge in [-0.05, 0) is 12.8 Å². The van der Waals surface area contributed by atoms with Gasteiger partial charge in [0.2, 0.25) is 0 Å². The number of nitriles is 3. The molecule has 3 nitrogen and oxygen atoms in total. The van der Waals surface area contributed by atoms with Crippen LogP contribution in [-0.4, -0.2) is 0 Å². The first-order chi connectivity index (χ1) is 5.74. The zero-order valence-corrected chi connectivity index (χ0v) is 6.75. The minimum Gasteiger partial charge on any atom is -0.198 e. The minimum atomic E-state index is -0.239.